The van der Waals surface area contributed by atoms with Gasteiger partial charge in [0.15, 0.2) is 6.61 Å². The summed E-state index contributed by atoms with van der Waals surface area (Å²) < 4.78 is 15.5. The second-order valence-corrected chi connectivity index (χ2v) is 7.83. The van der Waals surface area contributed by atoms with Gasteiger partial charge in [-0.1, -0.05) is 17.7 Å². The largest absolute Gasteiger partial charge is 0.484 e. The molecular weight excluding hydrogens is 408 g/mol. The first kappa shape index (κ1) is 21.6. The van der Waals surface area contributed by atoms with Crippen LogP contribution in [0.25, 0.3) is 0 Å². The fraction of sp³-hybridized carbons (Fsp3) is 0.381. The lowest BCUT2D eigenvalue weighted by Crippen LogP contribution is -2.36. The highest BCUT2D eigenvalue weighted by molar-refractivity contribution is 7.17. The molecule has 30 heavy (non-hydrogen) atoms. The number of nitrogens with zero attached hydrogens (tertiary/aromatic N) is 1. The summed E-state index contributed by atoms with van der Waals surface area (Å²) in [4.78, 5) is 39.2. The van der Waals surface area contributed by atoms with E-state index >= 15 is 0 Å². The van der Waals surface area contributed by atoms with Crippen LogP contribution >= 0.6 is 11.3 Å². The number of rotatable bonds is 6. The van der Waals surface area contributed by atoms with Crippen LogP contribution in [0.3, 0.4) is 0 Å². The number of esters is 1. The van der Waals surface area contributed by atoms with Gasteiger partial charge in [0.1, 0.15) is 10.8 Å². The number of carbonyl (C=O) groups is 3. The number of aryl methyl sites for hydroxylation is 1. The molecule has 3 rings (SSSR count). The molecule has 1 aliphatic rings. The van der Waals surface area contributed by atoms with Crippen molar-refractivity contribution in [3.63, 3.8) is 0 Å². The molecular formula is C21H24N2O6S. The lowest BCUT2D eigenvalue weighted by molar-refractivity contribution is -0.118. The molecule has 1 N–H and O–H groups in total. The predicted molar refractivity (Wildman–Crippen MR) is 112 cm³/mol. The van der Waals surface area contributed by atoms with Crippen LogP contribution < -0.4 is 10.1 Å². The number of fused-ring (bicyclic) bond motifs is 1. The number of anilines is 1. The first-order chi connectivity index (χ1) is 14.4. The Morgan fingerprint density at radius 1 is 1.20 bits per heavy atom. The van der Waals surface area contributed by atoms with Crippen LogP contribution in [-0.4, -0.2) is 49.7 Å². The summed E-state index contributed by atoms with van der Waals surface area (Å²) in [6.07, 6.45) is 0.0819. The Balaban J connectivity index is 1.74. The van der Waals surface area contributed by atoms with Crippen molar-refractivity contribution in [2.45, 2.75) is 26.8 Å². The Hall–Kier alpha value is -3.07. The number of methoxy groups -OCH3 is 1. The van der Waals surface area contributed by atoms with E-state index < -0.39 is 12.1 Å². The van der Waals surface area contributed by atoms with Crippen LogP contribution in [0, 0.1) is 6.92 Å². The summed E-state index contributed by atoms with van der Waals surface area (Å²) in [6.45, 7) is 4.56. The zero-order valence-electron chi connectivity index (χ0n) is 17.1. The smallest absolute Gasteiger partial charge is 0.410 e. The van der Waals surface area contributed by atoms with Gasteiger partial charge in [0.05, 0.1) is 25.8 Å². The minimum absolute atomic E-state index is 0.193. The minimum Gasteiger partial charge on any atom is -0.484 e. The summed E-state index contributed by atoms with van der Waals surface area (Å²) in [5.74, 6) is -0.326. The zero-order valence-corrected chi connectivity index (χ0v) is 18.0. The molecule has 2 aromatic rings. The Morgan fingerprint density at radius 3 is 2.60 bits per heavy atom. The molecule has 0 bridgehead atoms. The molecule has 2 heterocycles. The average Bonchev–Trinajstić information content (AvgIpc) is 3.09. The summed E-state index contributed by atoms with van der Waals surface area (Å²) in [7, 11) is 1.30. The van der Waals surface area contributed by atoms with Gasteiger partial charge in [0.25, 0.3) is 5.91 Å². The number of ether oxygens (including phenoxy) is 3. The first-order valence-electron chi connectivity index (χ1n) is 9.56. The fourth-order valence-corrected chi connectivity index (χ4v) is 4.39. The van der Waals surface area contributed by atoms with Gasteiger partial charge in [0.2, 0.25) is 0 Å². The molecule has 0 saturated heterocycles. The normalized spacial score (nSPS) is 12.7. The lowest BCUT2D eigenvalue weighted by Gasteiger charge is -2.26. The Labute approximate surface area is 178 Å². The van der Waals surface area contributed by atoms with E-state index in [0.717, 1.165) is 16.0 Å². The number of hydrogen-bond acceptors (Lipinski definition) is 7. The predicted octanol–water partition coefficient (Wildman–Crippen LogP) is 3.38. The van der Waals surface area contributed by atoms with Gasteiger partial charge < -0.3 is 24.4 Å². The standard InChI is InChI=1S/C21H24N2O6S/c1-4-28-21(26)23-10-9-15-16(11-23)30-19(18(15)20(25)27-3)22-17(24)12-29-14-7-5-13(2)6-8-14/h5-8H,4,9-12H2,1-3H3,(H,22,24). The Kier molecular flexibility index (Phi) is 6.94. The summed E-state index contributed by atoms with van der Waals surface area (Å²) in [5, 5.41) is 3.15. The lowest BCUT2D eigenvalue weighted by atomic mass is 10.0. The molecule has 1 aromatic heterocycles. The molecule has 0 fully saturated rings. The van der Waals surface area contributed by atoms with Gasteiger partial charge in [-0.25, -0.2) is 9.59 Å². The molecule has 0 aliphatic carbocycles. The topological polar surface area (TPSA) is 94.2 Å². The molecule has 0 unspecified atom stereocenters. The van der Waals surface area contributed by atoms with Gasteiger partial charge >= 0.3 is 12.1 Å². The van der Waals surface area contributed by atoms with Crippen molar-refractivity contribution in [3.05, 3.63) is 45.8 Å². The quantitative estimate of drug-likeness (QED) is 0.704. The van der Waals surface area contributed by atoms with Crippen molar-refractivity contribution >= 4 is 34.3 Å². The van der Waals surface area contributed by atoms with E-state index in [9.17, 15) is 14.4 Å². The van der Waals surface area contributed by atoms with Crippen LogP contribution in [0.2, 0.25) is 0 Å². The van der Waals surface area contributed by atoms with Crippen molar-refractivity contribution in [2.75, 3.05) is 32.2 Å². The first-order valence-corrected chi connectivity index (χ1v) is 10.4. The number of benzene rings is 1. The monoisotopic (exact) mass is 432 g/mol. The summed E-state index contributed by atoms with van der Waals surface area (Å²) in [5.41, 5.74) is 2.22. The molecule has 0 saturated carbocycles. The second-order valence-electron chi connectivity index (χ2n) is 6.72. The van der Waals surface area contributed by atoms with E-state index in [0.29, 0.717) is 42.4 Å². The number of thiophene rings is 1. The maximum absolute atomic E-state index is 12.4. The fourth-order valence-electron chi connectivity index (χ4n) is 3.13. The number of amides is 2. The minimum atomic E-state index is -0.521. The summed E-state index contributed by atoms with van der Waals surface area (Å²) >= 11 is 1.26. The van der Waals surface area contributed by atoms with Crippen molar-refractivity contribution in [2.24, 2.45) is 0 Å². The molecule has 0 spiro atoms. The third kappa shape index (κ3) is 4.91. The molecule has 1 aromatic carbocycles. The van der Waals surface area contributed by atoms with Gasteiger partial charge in [-0.05, 0) is 38.0 Å². The van der Waals surface area contributed by atoms with Crippen molar-refractivity contribution < 1.29 is 28.6 Å². The average molecular weight is 432 g/mol. The number of hydrogen-bond donors (Lipinski definition) is 1. The molecule has 0 radical (unpaired) electrons. The van der Waals surface area contributed by atoms with Crippen molar-refractivity contribution in [1.29, 1.82) is 0 Å². The van der Waals surface area contributed by atoms with Crippen molar-refractivity contribution in [1.82, 2.24) is 4.90 Å². The van der Waals surface area contributed by atoms with Crippen molar-refractivity contribution in [3.8, 4) is 5.75 Å². The molecule has 1 aliphatic heterocycles. The van der Waals surface area contributed by atoms with Crippen LogP contribution in [0.4, 0.5) is 9.80 Å². The highest BCUT2D eigenvalue weighted by Crippen LogP contribution is 2.37. The molecule has 2 amide bonds. The highest BCUT2D eigenvalue weighted by atomic mass is 32.1. The third-order valence-electron chi connectivity index (χ3n) is 4.62. The van der Waals surface area contributed by atoms with Crippen LogP contribution in [-0.2, 0) is 27.2 Å². The van der Waals surface area contributed by atoms with Gasteiger partial charge in [-0.15, -0.1) is 11.3 Å². The van der Waals surface area contributed by atoms with Gasteiger partial charge in [-0.3, -0.25) is 4.79 Å². The van der Waals surface area contributed by atoms with E-state index in [2.05, 4.69) is 5.32 Å². The number of carbonyl (C=O) groups excluding carboxylic acids is 3. The van der Waals surface area contributed by atoms with Crippen LogP contribution in [0.5, 0.6) is 5.75 Å². The maximum atomic E-state index is 12.4. The SMILES string of the molecule is CCOC(=O)N1CCc2c(sc(NC(=O)COc3ccc(C)cc3)c2C(=O)OC)C1. The van der Waals surface area contributed by atoms with Crippen LogP contribution in [0.15, 0.2) is 24.3 Å². The maximum Gasteiger partial charge on any atom is 0.410 e. The third-order valence-corrected chi connectivity index (χ3v) is 5.75. The van der Waals surface area contributed by atoms with Gasteiger partial charge in [-0.2, -0.15) is 0 Å². The van der Waals surface area contributed by atoms with Crippen LogP contribution in [0.1, 0.15) is 33.3 Å². The second kappa shape index (κ2) is 9.62. The Bertz CT molecular complexity index is 938. The molecule has 9 heteroatoms. The van der Waals surface area contributed by atoms with E-state index in [4.69, 9.17) is 14.2 Å². The Morgan fingerprint density at radius 2 is 1.93 bits per heavy atom. The highest BCUT2D eigenvalue weighted by Gasteiger charge is 2.31. The van der Waals surface area contributed by atoms with E-state index in [1.165, 1.54) is 18.4 Å². The molecule has 8 nitrogen and oxygen atoms in total. The van der Waals surface area contributed by atoms with E-state index in [1.54, 1.807) is 24.0 Å². The molecule has 0 atom stereocenters. The zero-order chi connectivity index (χ0) is 21.7. The number of nitrogens with one attached hydrogen (secondary N) is 1. The van der Waals surface area contributed by atoms with E-state index in [1.807, 2.05) is 19.1 Å². The van der Waals surface area contributed by atoms with E-state index in [-0.39, 0.29) is 12.5 Å². The summed E-state index contributed by atoms with van der Waals surface area (Å²) in [6, 6.07) is 7.36. The van der Waals surface area contributed by atoms with Gasteiger partial charge in [0, 0.05) is 11.4 Å². The molecule has 160 valence electrons.